The van der Waals surface area contributed by atoms with Crippen LogP contribution in [0.1, 0.15) is 43.2 Å². The smallest absolute Gasteiger partial charge is 0.234 e. The first-order chi connectivity index (χ1) is 12.6. The van der Waals surface area contributed by atoms with Gasteiger partial charge in [-0.1, -0.05) is 29.8 Å². The maximum absolute atomic E-state index is 12.7. The summed E-state index contributed by atoms with van der Waals surface area (Å²) in [5, 5.41) is 3.00. The van der Waals surface area contributed by atoms with E-state index in [9.17, 15) is 9.59 Å². The van der Waals surface area contributed by atoms with E-state index in [4.69, 9.17) is 0 Å². The molecular formula is C21H31N3O2. The van der Waals surface area contributed by atoms with Crippen LogP contribution in [-0.4, -0.2) is 54.3 Å². The fourth-order valence-electron chi connectivity index (χ4n) is 3.94. The fourth-order valence-corrected chi connectivity index (χ4v) is 3.94. The van der Waals surface area contributed by atoms with E-state index in [0.717, 1.165) is 50.9 Å². The van der Waals surface area contributed by atoms with Crippen molar-refractivity contribution in [2.75, 3.05) is 32.7 Å². The number of aryl methyl sites for hydroxylation is 1. The minimum absolute atomic E-state index is 0.0386. The second kappa shape index (κ2) is 9.17. The predicted octanol–water partition coefficient (Wildman–Crippen LogP) is 2.34. The zero-order chi connectivity index (χ0) is 18.4. The Balaban J connectivity index is 1.44. The molecule has 1 unspecified atom stereocenters. The zero-order valence-electron chi connectivity index (χ0n) is 15.9. The predicted molar refractivity (Wildman–Crippen MR) is 103 cm³/mol. The summed E-state index contributed by atoms with van der Waals surface area (Å²) in [4.78, 5) is 29.2. The highest BCUT2D eigenvalue weighted by Crippen LogP contribution is 2.21. The van der Waals surface area contributed by atoms with Gasteiger partial charge in [-0.05, 0) is 51.1 Å². The number of rotatable bonds is 5. The van der Waals surface area contributed by atoms with Gasteiger partial charge in [0.1, 0.15) is 0 Å². The fraction of sp³-hybridized carbons (Fsp3) is 0.619. The molecule has 3 rings (SSSR count). The van der Waals surface area contributed by atoms with Crippen molar-refractivity contribution in [1.82, 2.24) is 15.1 Å². The SMILES string of the molecule is Cc1ccc(CNC(=O)CN2CCCC(C(=O)N3CCCCC3)C2)cc1. The largest absolute Gasteiger partial charge is 0.351 e. The van der Waals surface area contributed by atoms with Crippen molar-refractivity contribution in [3.63, 3.8) is 0 Å². The number of carbonyl (C=O) groups is 2. The number of hydrogen-bond acceptors (Lipinski definition) is 3. The van der Waals surface area contributed by atoms with Crippen LogP contribution in [0.15, 0.2) is 24.3 Å². The quantitative estimate of drug-likeness (QED) is 0.880. The van der Waals surface area contributed by atoms with Crippen LogP contribution in [-0.2, 0) is 16.1 Å². The minimum Gasteiger partial charge on any atom is -0.351 e. The molecule has 2 heterocycles. The molecule has 142 valence electrons. The molecule has 2 aliphatic rings. The van der Waals surface area contributed by atoms with Gasteiger partial charge >= 0.3 is 0 Å². The lowest BCUT2D eigenvalue weighted by molar-refractivity contribution is -0.139. The molecule has 2 aliphatic heterocycles. The number of nitrogens with one attached hydrogen (secondary N) is 1. The molecule has 1 atom stereocenters. The Labute approximate surface area is 156 Å². The number of benzene rings is 1. The van der Waals surface area contributed by atoms with Gasteiger partial charge in [0.25, 0.3) is 0 Å². The van der Waals surface area contributed by atoms with E-state index in [-0.39, 0.29) is 11.8 Å². The van der Waals surface area contributed by atoms with Crippen molar-refractivity contribution < 1.29 is 9.59 Å². The molecule has 0 bridgehead atoms. The minimum atomic E-state index is 0.0386. The first-order valence-corrected chi connectivity index (χ1v) is 9.95. The second-order valence-corrected chi connectivity index (χ2v) is 7.72. The molecular weight excluding hydrogens is 326 g/mol. The van der Waals surface area contributed by atoms with Gasteiger partial charge in [-0.2, -0.15) is 0 Å². The Kier molecular flexibility index (Phi) is 6.67. The maximum atomic E-state index is 12.7. The van der Waals surface area contributed by atoms with Crippen molar-refractivity contribution in [2.45, 2.75) is 45.6 Å². The Bertz CT molecular complexity index is 608. The second-order valence-electron chi connectivity index (χ2n) is 7.72. The normalized spacial score (nSPS) is 21.4. The number of hydrogen-bond donors (Lipinski definition) is 1. The van der Waals surface area contributed by atoms with Crippen molar-refractivity contribution in [1.29, 1.82) is 0 Å². The van der Waals surface area contributed by atoms with Crippen LogP contribution >= 0.6 is 0 Å². The first kappa shape index (κ1) is 18.9. The highest BCUT2D eigenvalue weighted by molar-refractivity contribution is 5.80. The van der Waals surface area contributed by atoms with Gasteiger partial charge in [0.2, 0.25) is 11.8 Å². The van der Waals surface area contributed by atoms with Gasteiger partial charge in [-0.3, -0.25) is 14.5 Å². The van der Waals surface area contributed by atoms with Crippen molar-refractivity contribution in [3.8, 4) is 0 Å². The molecule has 0 saturated carbocycles. The molecule has 0 spiro atoms. The monoisotopic (exact) mass is 357 g/mol. The van der Waals surface area contributed by atoms with Crippen LogP contribution in [0.2, 0.25) is 0 Å². The molecule has 0 radical (unpaired) electrons. The lowest BCUT2D eigenvalue weighted by Crippen LogP contribution is -2.48. The lowest BCUT2D eigenvalue weighted by Gasteiger charge is -2.36. The Hall–Kier alpha value is -1.88. The molecule has 1 aromatic carbocycles. The van der Waals surface area contributed by atoms with Crippen LogP contribution in [0, 0.1) is 12.8 Å². The van der Waals surface area contributed by atoms with Gasteiger partial charge in [0.05, 0.1) is 12.5 Å². The Morgan fingerprint density at radius 3 is 2.50 bits per heavy atom. The summed E-state index contributed by atoms with van der Waals surface area (Å²) in [5.41, 5.74) is 2.33. The van der Waals surface area contributed by atoms with Crippen molar-refractivity contribution in [2.24, 2.45) is 5.92 Å². The number of amides is 2. The van der Waals surface area contributed by atoms with E-state index < -0.39 is 0 Å². The van der Waals surface area contributed by atoms with Gasteiger partial charge < -0.3 is 10.2 Å². The molecule has 1 N–H and O–H groups in total. The third-order valence-electron chi connectivity index (χ3n) is 5.50. The molecule has 2 amide bonds. The van der Waals surface area contributed by atoms with Crippen LogP contribution in [0.5, 0.6) is 0 Å². The van der Waals surface area contributed by atoms with Gasteiger partial charge in [-0.25, -0.2) is 0 Å². The Morgan fingerprint density at radius 2 is 1.77 bits per heavy atom. The summed E-state index contributed by atoms with van der Waals surface area (Å²) >= 11 is 0. The summed E-state index contributed by atoms with van der Waals surface area (Å²) in [7, 11) is 0. The maximum Gasteiger partial charge on any atom is 0.234 e. The van der Waals surface area contributed by atoms with Gasteiger partial charge in [0, 0.05) is 26.2 Å². The molecule has 0 aromatic heterocycles. The average Bonchev–Trinajstić information content (AvgIpc) is 2.68. The highest BCUT2D eigenvalue weighted by Gasteiger charge is 2.30. The van der Waals surface area contributed by atoms with Crippen LogP contribution in [0.3, 0.4) is 0 Å². The zero-order valence-corrected chi connectivity index (χ0v) is 15.9. The summed E-state index contributed by atoms with van der Waals surface area (Å²) < 4.78 is 0. The van der Waals surface area contributed by atoms with Crippen molar-refractivity contribution in [3.05, 3.63) is 35.4 Å². The molecule has 2 saturated heterocycles. The summed E-state index contributed by atoms with van der Waals surface area (Å²) in [6.07, 6.45) is 5.45. The molecule has 0 aliphatic carbocycles. The summed E-state index contributed by atoms with van der Waals surface area (Å²) in [6, 6.07) is 8.21. The first-order valence-electron chi connectivity index (χ1n) is 9.95. The lowest BCUT2D eigenvalue weighted by atomic mass is 9.95. The van der Waals surface area contributed by atoms with Crippen LogP contribution < -0.4 is 5.32 Å². The summed E-state index contributed by atoms with van der Waals surface area (Å²) in [6.45, 7) is 6.44. The van der Waals surface area contributed by atoms with E-state index in [1.165, 1.54) is 12.0 Å². The van der Waals surface area contributed by atoms with Crippen LogP contribution in [0.4, 0.5) is 0 Å². The molecule has 2 fully saturated rings. The van der Waals surface area contributed by atoms with E-state index in [2.05, 4.69) is 29.3 Å². The third kappa shape index (κ3) is 5.31. The van der Waals surface area contributed by atoms with E-state index in [1.54, 1.807) is 0 Å². The molecule has 5 heteroatoms. The topological polar surface area (TPSA) is 52.7 Å². The van der Waals surface area contributed by atoms with E-state index in [0.29, 0.717) is 25.5 Å². The number of nitrogens with zero attached hydrogens (tertiary/aromatic N) is 2. The molecule has 5 nitrogen and oxygen atoms in total. The summed E-state index contributed by atoms with van der Waals surface area (Å²) in [5.74, 6) is 0.401. The number of likely N-dealkylation sites (tertiary alicyclic amines) is 2. The number of carbonyl (C=O) groups excluding carboxylic acids is 2. The highest BCUT2D eigenvalue weighted by atomic mass is 16.2. The van der Waals surface area contributed by atoms with Gasteiger partial charge in [0.15, 0.2) is 0 Å². The third-order valence-corrected chi connectivity index (χ3v) is 5.50. The Morgan fingerprint density at radius 1 is 1.04 bits per heavy atom. The standard InChI is InChI=1S/C21H31N3O2/c1-17-7-9-18(10-8-17)14-22-20(25)16-23-11-5-6-19(15-23)21(26)24-12-3-2-4-13-24/h7-10,19H,2-6,11-16H2,1H3,(H,22,25). The molecule has 1 aromatic rings. The van der Waals surface area contributed by atoms with Gasteiger partial charge in [-0.15, -0.1) is 0 Å². The van der Waals surface area contributed by atoms with E-state index >= 15 is 0 Å². The van der Waals surface area contributed by atoms with Crippen LogP contribution in [0.25, 0.3) is 0 Å². The van der Waals surface area contributed by atoms with Crippen molar-refractivity contribution >= 4 is 11.8 Å². The number of piperidine rings is 2. The average molecular weight is 357 g/mol. The molecule has 26 heavy (non-hydrogen) atoms. The van der Waals surface area contributed by atoms with E-state index in [1.807, 2.05) is 17.0 Å².